The Balaban J connectivity index is 2.28. The first-order valence-electron chi connectivity index (χ1n) is 5.52. The molecule has 0 saturated heterocycles. The number of halogens is 4. The number of carbonyl (C=O) groups excluding carboxylic acids is 1. The van der Waals surface area contributed by atoms with Crippen molar-refractivity contribution >= 4 is 17.4 Å². The van der Waals surface area contributed by atoms with Crippen LogP contribution in [0.4, 0.5) is 13.2 Å². The average Bonchev–Trinajstić information content (AvgIpc) is 2.40. The van der Waals surface area contributed by atoms with Gasteiger partial charge in [0.05, 0.1) is 5.02 Å². The second-order valence-electron chi connectivity index (χ2n) is 3.89. The number of benzene rings is 2. The molecule has 20 heavy (non-hydrogen) atoms. The number of alkyl halides is 3. The maximum atomic E-state index is 12.1. The molecular weight excluding hydrogens is 293 g/mol. The van der Waals surface area contributed by atoms with Crippen LogP contribution in [0.2, 0.25) is 5.02 Å². The maximum absolute atomic E-state index is 12.1. The summed E-state index contributed by atoms with van der Waals surface area (Å²) in [6.07, 6.45) is -4.82. The minimum absolute atomic E-state index is 0.190. The van der Waals surface area contributed by atoms with Gasteiger partial charge in [0, 0.05) is 11.1 Å². The van der Waals surface area contributed by atoms with Crippen molar-refractivity contribution in [3.8, 4) is 5.75 Å². The van der Waals surface area contributed by atoms with Crippen LogP contribution < -0.4 is 4.74 Å². The highest BCUT2D eigenvalue weighted by Gasteiger charge is 2.32. The Morgan fingerprint density at radius 2 is 1.65 bits per heavy atom. The summed E-state index contributed by atoms with van der Waals surface area (Å²) in [7, 11) is 0. The van der Waals surface area contributed by atoms with Crippen LogP contribution in [0, 0.1) is 0 Å². The molecule has 0 fully saturated rings. The van der Waals surface area contributed by atoms with Crippen molar-refractivity contribution in [2.75, 3.05) is 0 Å². The molecule has 0 bridgehead atoms. The summed E-state index contributed by atoms with van der Waals surface area (Å²) in [6.45, 7) is 0. The van der Waals surface area contributed by atoms with Gasteiger partial charge in [0.15, 0.2) is 5.78 Å². The summed E-state index contributed by atoms with van der Waals surface area (Å²) >= 11 is 5.69. The Kier molecular flexibility index (Phi) is 3.99. The fraction of sp³-hybridized carbons (Fsp3) is 0.0714. The van der Waals surface area contributed by atoms with Crippen LogP contribution in [0.5, 0.6) is 5.75 Å². The van der Waals surface area contributed by atoms with E-state index in [1.165, 1.54) is 6.07 Å². The Labute approximate surface area is 117 Å². The zero-order valence-electron chi connectivity index (χ0n) is 9.95. The van der Waals surface area contributed by atoms with E-state index in [-0.39, 0.29) is 16.4 Å². The number of rotatable bonds is 3. The second kappa shape index (κ2) is 5.54. The molecule has 104 valence electrons. The normalized spacial score (nSPS) is 11.2. The number of ketones is 1. The third kappa shape index (κ3) is 3.51. The predicted molar refractivity (Wildman–Crippen MR) is 68.0 cm³/mol. The van der Waals surface area contributed by atoms with Crippen molar-refractivity contribution in [2.24, 2.45) is 0 Å². The summed E-state index contributed by atoms with van der Waals surface area (Å²) in [6, 6.07) is 11.8. The molecule has 0 aliphatic carbocycles. The van der Waals surface area contributed by atoms with Gasteiger partial charge in [-0.2, -0.15) is 0 Å². The second-order valence-corrected chi connectivity index (χ2v) is 4.30. The lowest BCUT2D eigenvalue weighted by molar-refractivity contribution is -0.274. The third-order valence-corrected chi connectivity index (χ3v) is 2.75. The number of ether oxygens (including phenoxy) is 1. The third-order valence-electron chi connectivity index (χ3n) is 2.46. The van der Waals surface area contributed by atoms with E-state index in [9.17, 15) is 18.0 Å². The lowest BCUT2D eigenvalue weighted by atomic mass is 10.0. The highest BCUT2D eigenvalue weighted by atomic mass is 35.5. The minimum atomic E-state index is -4.82. The predicted octanol–water partition coefficient (Wildman–Crippen LogP) is 4.47. The number of hydrogen-bond donors (Lipinski definition) is 0. The van der Waals surface area contributed by atoms with Gasteiger partial charge in [-0.15, -0.1) is 13.2 Å². The molecule has 2 aromatic carbocycles. The summed E-state index contributed by atoms with van der Waals surface area (Å²) in [5.41, 5.74) is 0.615. The van der Waals surface area contributed by atoms with Crippen LogP contribution in [0.3, 0.4) is 0 Å². The molecule has 2 nitrogen and oxygen atoms in total. The monoisotopic (exact) mass is 300 g/mol. The van der Waals surface area contributed by atoms with Crippen LogP contribution in [0.1, 0.15) is 15.9 Å². The quantitative estimate of drug-likeness (QED) is 0.782. The highest BCUT2D eigenvalue weighted by molar-refractivity contribution is 6.32. The maximum Gasteiger partial charge on any atom is 0.573 e. The van der Waals surface area contributed by atoms with Gasteiger partial charge in [-0.1, -0.05) is 41.9 Å². The lowest BCUT2D eigenvalue weighted by Gasteiger charge is -2.11. The molecule has 0 heterocycles. The van der Waals surface area contributed by atoms with Gasteiger partial charge in [-0.05, 0) is 18.2 Å². The van der Waals surface area contributed by atoms with E-state index in [4.69, 9.17) is 11.6 Å². The van der Waals surface area contributed by atoms with Crippen molar-refractivity contribution in [1.29, 1.82) is 0 Å². The van der Waals surface area contributed by atoms with Gasteiger partial charge >= 0.3 is 6.36 Å². The van der Waals surface area contributed by atoms with E-state index in [0.717, 1.165) is 12.1 Å². The fourth-order valence-corrected chi connectivity index (χ4v) is 1.82. The van der Waals surface area contributed by atoms with Crippen LogP contribution >= 0.6 is 11.6 Å². The van der Waals surface area contributed by atoms with Crippen LogP contribution in [-0.2, 0) is 0 Å². The van der Waals surface area contributed by atoms with E-state index in [1.54, 1.807) is 30.3 Å². The SMILES string of the molecule is O=C(c1ccccc1)c1ccc(OC(F)(F)F)c(Cl)c1. The average molecular weight is 301 g/mol. The fourth-order valence-electron chi connectivity index (χ4n) is 1.61. The molecule has 0 aliphatic rings. The van der Waals surface area contributed by atoms with Gasteiger partial charge in [-0.25, -0.2) is 0 Å². The van der Waals surface area contributed by atoms with Gasteiger partial charge in [0.1, 0.15) is 5.75 Å². The molecule has 0 spiro atoms. The molecule has 0 unspecified atom stereocenters. The van der Waals surface area contributed by atoms with E-state index < -0.39 is 12.1 Å². The van der Waals surface area contributed by atoms with Gasteiger partial charge < -0.3 is 4.74 Å². The zero-order valence-corrected chi connectivity index (χ0v) is 10.7. The molecule has 0 aliphatic heterocycles. The van der Waals surface area contributed by atoms with E-state index in [1.807, 2.05) is 0 Å². The number of hydrogen-bond acceptors (Lipinski definition) is 2. The molecule has 6 heteroatoms. The topological polar surface area (TPSA) is 26.3 Å². The smallest absolute Gasteiger partial charge is 0.404 e. The van der Waals surface area contributed by atoms with Crippen molar-refractivity contribution in [3.63, 3.8) is 0 Å². The minimum Gasteiger partial charge on any atom is -0.404 e. The number of carbonyl (C=O) groups is 1. The summed E-state index contributed by atoms with van der Waals surface area (Å²) in [5, 5.41) is -0.274. The molecule has 0 atom stereocenters. The summed E-state index contributed by atoms with van der Waals surface area (Å²) in [5.74, 6) is -0.866. The van der Waals surface area contributed by atoms with E-state index in [0.29, 0.717) is 5.56 Å². The van der Waals surface area contributed by atoms with Crippen molar-refractivity contribution in [3.05, 3.63) is 64.7 Å². The van der Waals surface area contributed by atoms with E-state index in [2.05, 4.69) is 4.74 Å². The molecule has 0 N–H and O–H groups in total. The molecule has 2 rings (SSSR count). The first kappa shape index (κ1) is 14.4. The molecule has 0 aromatic heterocycles. The first-order valence-corrected chi connectivity index (χ1v) is 5.89. The van der Waals surface area contributed by atoms with Crippen LogP contribution in [0.25, 0.3) is 0 Å². The molecule has 0 radical (unpaired) electrons. The van der Waals surface area contributed by atoms with Crippen LogP contribution in [0.15, 0.2) is 48.5 Å². The lowest BCUT2D eigenvalue weighted by Crippen LogP contribution is -2.17. The first-order chi connectivity index (χ1) is 9.37. The molecule has 2 aromatic rings. The Morgan fingerprint density at radius 1 is 1.00 bits per heavy atom. The summed E-state index contributed by atoms with van der Waals surface area (Å²) < 4.78 is 40.0. The van der Waals surface area contributed by atoms with Crippen molar-refractivity contribution in [1.82, 2.24) is 0 Å². The van der Waals surface area contributed by atoms with Gasteiger partial charge in [0.2, 0.25) is 0 Å². The Hall–Kier alpha value is -2.01. The largest absolute Gasteiger partial charge is 0.573 e. The standard InChI is InChI=1S/C14H8ClF3O2/c15-11-8-10(6-7-12(11)20-14(16,17)18)13(19)9-4-2-1-3-5-9/h1-8H. The summed E-state index contributed by atoms with van der Waals surface area (Å²) in [4.78, 5) is 12.1. The van der Waals surface area contributed by atoms with E-state index >= 15 is 0 Å². The highest BCUT2D eigenvalue weighted by Crippen LogP contribution is 2.31. The van der Waals surface area contributed by atoms with Gasteiger partial charge in [-0.3, -0.25) is 4.79 Å². The van der Waals surface area contributed by atoms with Crippen molar-refractivity contribution < 1.29 is 22.7 Å². The molecule has 0 amide bonds. The van der Waals surface area contributed by atoms with Crippen molar-refractivity contribution in [2.45, 2.75) is 6.36 Å². The molecular formula is C14H8ClF3O2. The Morgan fingerprint density at radius 3 is 2.20 bits per heavy atom. The molecule has 0 saturated carbocycles. The Bertz CT molecular complexity index is 624. The zero-order chi connectivity index (χ0) is 14.8. The van der Waals surface area contributed by atoms with Crippen LogP contribution in [-0.4, -0.2) is 12.1 Å². The van der Waals surface area contributed by atoms with Gasteiger partial charge in [0.25, 0.3) is 0 Å².